The van der Waals surface area contributed by atoms with Gasteiger partial charge in [0.2, 0.25) is 0 Å². The quantitative estimate of drug-likeness (QED) is 0.0858. The SMILES string of the molecule is CC(C)(C)[Si](C)(C)OCCCN1CC2CCC(C1)N2c1nc(OC[C@@]23CCCN2C[C@H](F)C3)nc2c(F)c(-c3c(F)cc(F)c4sc(NC(=O)O)nc34)c3c(c12)COC3. The molecule has 2 aromatic heterocycles. The minimum Gasteiger partial charge on any atom is -0.465 e. The lowest BCUT2D eigenvalue weighted by molar-refractivity contribution is 0.107. The molecule has 9 rings (SSSR count). The number of nitrogens with one attached hydrogen (secondary N) is 1. The monoisotopic (exact) mass is 857 g/mol. The average Bonchev–Trinajstić information content (AvgIpc) is 3.98. The molecule has 4 fully saturated rings. The van der Waals surface area contributed by atoms with Crippen molar-refractivity contribution in [1.29, 1.82) is 0 Å². The van der Waals surface area contributed by atoms with Crippen molar-refractivity contribution >= 4 is 57.8 Å². The predicted molar refractivity (Wildman–Crippen MR) is 220 cm³/mol. The van der Waals surface area contributed by atoms with Crippen LogP contribution in [0.3, 0.4) is 0 Å². The first-order chi connectivity index (χ1) is 28.0. The first-order valence-corrected chi connectivity index (χ1v) is 24.3. The zero-order valence-corrected chi connectivity index (χ0v) is 35.9. The van der Waals surface area contributed by atoms with E-state index in [1.54, 1.807) is 0 Å². The van der Waals surface area contributed by atoms with E-state index in [0.29, 0.717) is 59.3 Å². The Bertz CT molecular complexity index is 2320. The van der Waals surface area contributed by atoms with Gasteiger partial charge in [-0.3, -0.25) is 15.1 Å². The number of piperazine rings is 1. The van der Waals surface area contributed by atoms with Crippen LogP contribution in [0.15, 0.2) is 6.07 Å². The molecule has 7 heterocycles. The normalized spacial score (nSPS) is 24.8. The fraction of sp³-hybridized carbons (Fsp3) is 0.610. The molecule has 2 unspecified atom stereocenters. The highest BCUT2D eigenvalue weighted by atomic mass is 32.1. The number of likely N-dealkylation sites (tertiary alicyclic amines) is 1. The fourth-order valence-electron chi connectivity index (χ4n) is 9.90. The second-order valence-electron chi connectivity index (χ2n) is 18.4. The summed E-state index contributed by atoms with van der Waals surface area (Å²) in [6.07, 6.45) is 2.34. The van der Waals surface area contributed by atoms with E-state index in [4.69, 9.17) is 23.9 Å². The number of alkyl halides is 1. The number of ether oxygens (including phenoxy) is 2. The first-order valence-electron chi connectivity index (χ1n) is 20.6. The van der Waals surface area contributed by atoms with Crippen LogP contribution < -0.4 is 15.0 Å². The molecule has 18 heteroatoms. The molecule has 2 bridgehead atoms. The maximum Gasteiger partial charge on any atom is 0.410 e. The van der Waals surface area contributed by atoms with Gasteiger partial charge in [-0.1, -0.05) is 32.1 Å². The van der Waals surface area contributed by atoms with Crippen LogP contribution >= 0.6 is 11.3 Å². The Kier molecular flexibility index (Phi) is 10.4. The van der Waals surface area contributed by atoms with Gasteiger partial charge in [0, 0.05) is 68.5 Å². The number of carbonyl (C=O) groups is 1. The smallest absolute Gasteiger partial charge is 0.410 e. The Morgan fingerprint density at radius 1 is 1.05 bits per heavy atom. The molecule has 1 amide bonds. The Morgan fingerprint density at radius 2 is 1.80 bits per heavy atom. The molecule has 0 saturated carbocycles. The van der Waals surface area contributed by atoms with Crippen molar-refractivity contribution < 1.29 is 41.4 Å². The number of halogens is 4. The largest absolute Gasteiger partial charge is 0.465 e. The topological polar surface area (TPSA) is 125 Å². The van der Waals surface area contributed by atoms with E-state index in [1.165, 1.54) is 0 Å². The van der Waals surface area contributed by atoms with Crippen molar-refractivity contribution in [3.63, 3.8) is 0 Å². The number of amides is 1. The molecule has 4 saturated heterocycles. The van der Waals surface area contributed by atoms with Crippen LogP contribution in [0.2, 0.25) is 18.1 Å². The Balaban J connectivity index is 1.12. The van der Waals surface area contributed by atoms with Gasteiger partial charge in [0.15, 0.2) is 19.3 Å². The number of thiazole rings is 1. The predicted octanol–water partition coefficient (Wildman–Crippen LogP) is 8.46. The third kappa shape index (κ3) is 7.14. The molecule has 2 aromatic carbocycles. The Labute approximate surface area is 345 Å². The molecule has 2 N–H and O–H groups in total. The van der Waals surface area contributed by atoms with Crippen molar-refractivity contribution in [3.05, 3.63) is 34.6 Å². The fourth-order valence-corrected chi connectivity index (χ4v) is 11.9. The highest BCUT2D eigenvalue weighted by molar-refractivity contribution is 7.22. The number of fused-ring (bicyclic) bond motifs is 7. The van der Waals surface area contributed by atoms with Crippen LogP contribution in [-0.2, 0) is 22.4 Å². The van der Waals surface area contributed by atoms with Crippen molar-refractivity contribution in [2.45, 2.75) is 114 Å². The summed E-state index contributed by atoms with van der Waals surface area (Å²) >= 11 is 0.687. The Morgan fingerprint density at radius 3 is 2.53 bits per heavy atom. The van der Waals surface area contributed by atoms with Crippen molar-refractivity contribution in [3.8, 4) is 17.1 Å². The second-order valence-corrected chi connectivity index (χ2v) is 24.2. The number of benzene rings is 2. The van der Waals surface area contributed by atoms with Crippen LogP contribution in [-0.4, -0.2) is 114 Å². The standard InChI is InChI=1S/C41H51F4N7O5SSi/c1-40(2,3)59(4,5)57-13-7-11-50-17-23-8-9-24(18-50)52(23)36-30-26-20-55-19-25(26)29(31-27(43)14-28(44)35-34(31)47-38(58-35)49-39(53)54)32(45)33(30)46-37(48-36)56-21-41-10-6-12-51(41)16-22(42)15-41/h14,22-24H,6-13,15-21H2,1-5H3,(H,47,49)(H,53,54)/t22-,23?,24?,41+/m1/s1. The summed E-state index contributed by atoms with van der Waals surface area (Å²) in [4.78, 5) is 32.3. The van der Waals surface area contributed by atoms with Crippen LogP contribution in [0, 0.1) is 17.5 Å². The number of hydrogen-bond donors (Lipinski definition) is 2. The molecule has 59 heavy (non-hydrogen) atoms. The summed E-state index contributed by atoms with van der Waals surface area (Å²) in [5.74, 6) is -2.37. The molecule has 4 aromatic rings. The first kappa shape index (κ1) is 40.7. The van der Waals surface area contributed by atoms with Crippen LogP contribution in [0.4, 0.5) is 33.3 Å². The second kappa shape index (κ2) is 15.0. The van der Waals surface area contributed by atoms with E-state index in [-0.39, 0.29) is 74.9 Å². The molecule has 0 radical (unpaired) electrons. The molecule has 12 nitrogen and oxygen atoms in total. The molecule has 4 atom stereocenters. The number of nitrogens with zero attached hydrogens (tertiary/aromatic N) is 6. The molecule has 0 spiro atoms. The lowest BCUT2D eigenvalue weighted by Gasteiger charge is -2.42. The van der Waals surface area contributed by atoms with Crippen molar-refractivity contribution in [2.75, 3.05) is 56.2 Å². The van der Waals surface area contributed by atoms with E-state index >= 15 is 13.2 Å². The molecule has 318 valence electrons. The zero-order valence-electron chi connectivity index (χ0n) is 34.1. The maximum atomic E-state index is 17.7. The molecular weight excluding hydrogens is 807 g/mol. The summed E-state index contributed by atoms with van der Waals surface area (Å²) in [6.45, 7) is 15.7. The number of rotatable bonds is 11. The minimum atomic E-state index is -1.86. The third-order valence-corrected chi connectivity index (χ3v) is 19.2. The van der Waals surface area contributed by atoms with Crippen LogP contribution in [0.1, 0.15) is 70.4 Å². The summed E-state index contributed by atoms with van der Waals surface area (Å²) in [5.41, 5.74) is -0.363. The number of anilines is 2. The molecule has 5 aliphatic rings. The average molecular weight is 858 g/mol. The zero-order chi connectivity index (χ0) is 41.6. The van der Waals surface area contributed by atoms with Gasteiger partial charge in [-0.05, 0) is 67.9 Å². The van der Waals surface area contributed by atoms with Gasteiger partial charge < -0.3 is 23.9 Å². The highest BCUT2D eigenvalue weighted by Gasteiger charge is 2.50. The van der Waals surface area contributed by atoms with Crippen LogP contribution in [0.5, 0.6) is 6.01 Å². The number of hydrogen-bond acceptors (Lipinski definition) is 11. The number of carboxylic acid groups (broad SMARTS) is 1. The summed E-state index contributed by atoms with van der Waals surface area (Å²) in [5, 5.41) is 11.8. The van der Waals surface area contributed by atoms with Gasteiger partial charge >= 0.3 is 12.1 Å². The lowest BCUT2D eigenvalue weighted by atomic mass is 9.91. The summed E-state index contributed by atoms with van der Waals surface area (Å²) < 4.78 is 82.5. The summed E-state index contributed by atoms with van der Waals surface area (Å²) in [7, 11) is -1.86. The van der Waals surface area contributed by atoms with Crippen LogP contribution in [0.25, 0.3) is 32.2 Å². The van der Waals surface area contributed by atoms with E-state index in [0.717, 1.165) is 58.3 Å². The lowest BCUT2D eigenvalue weighted by Crippen LogP contribution is -2.54. The van der Waals surface area contributed by atoms with Gasteiger partial charge in [-0.25, -0.2) is 27.3 Å². The number of aromatic nitrogens is 3. The minimum absolute atomic E-state index is 0.0573. The van der Waals surface area contributed by atoms with Gasteiger partial charge in [-0.2, -0.15) is 9.97 Å². The molecule has 5 aliphatic heterocycles. The summed E-state index contributed by atoms with van der Waals surface area (Å²) in [6, 6.07) is 0.736. The highest BCUT2D eigenvalue weighted by Crippen LogP contribution is 2.49. The van der Waals surface area contributed by atoms with Crippen molar-refractivity contribution in [1.82, 2.24) is 24.8 Å². The van der Waals surface area contributed by atoms with E-state index in [9.17, 15) is 14.3 Å². The molecular formula is C41H51F4N7O5SSi. The maximum absolute atomic E-state index is 17.7. The third-order valence-electron chi connectivity index (χ3n) is 13.7. The van der Waals surface area contributed by atoms with E-state index in [1.807, 2.05) is 0 Å². The van der Waals surface area contributed by atoms with Gasteiger partial charge in [0.1, 0.15) is 35.7 Å². The molecule has 0 aliphatic carbocycles. The van der Waals surface area contributed by atoms with E-state index in [2.05, 4.69) is 58.9 Å². The van der Waals surface area contributed by atoms with Gasteiger partial charge in [0.05, 0.1) is 34.4 Å². The van der Waals surface area contributed by atoms with Gasteiger partial charge in [0.25, 0.3) is 0 Å². The van der Waals surface area contributed by atoms with Gasteiger partial charge in [-0.15, -0.1) is 0 Å². The van der Waals surface area contributed by atoms with Crippen molar-refractivity contribution in [2.24, 2.45) is 0 Å². The Hall–Kier alpha value is -3.68. The van der Waals surface area contributed by atoms with E-state index < -0.39 is 43.6 Å².